The van der Waals surface area contributed by atoms with Gasteiger partial charge >= 0.3 is 0 Å². The lowest BCUT2D eigenvalue weighted by Crippen LogP contribution is -3.00. The zero-order valence-electron chi connectivity index (χ0n) is 9.39. The van der Waals surface area contributed by atoms with Crippen LogP contribution in [0.5, 0.6) is 0 Å². The molecule has 0 bridgehead atoms. The minimum Gasteiger partial charge on any atom is -1.00 e. The van der Waals surface area contributed by atoms with E-state index in [1.807, 2.05) is 57.7 Å². The summed E-state index contributed by atoms with van der Waals surface area (Å²) < 4.78 is 0.596. The Kier molecular flexibility index (Phi) is 6.43. The normalized spacial score (nSPS) is 11.9. The van der Waals surface area contributed by atoms with Crippen LogP contribution in [0.4, 0.5) is 0 Å². The summed E-state index contributed by atoms with van der Waals surface area (Å²) in [4.78, 5) is 0. The molecule has 1 aromatic rings. The van der Waals surface area contributed by atoms with Crippen molar-refractivity contribution in [2.75, 3.05) is 21.1 Å². The Balaban J connectivity index is 0.00000196. The summed E-state index contributed by atoms with van der Waals surface area (Å²) in [7, 11) is 6.06. The fourth-order valence-corrected chi connectivity index (χ4v) is 0.957. The molecule has 0 saturated carbocycles. The molecule has 0 atom stereocenters. The Morgan fingerprint density at radius 3 is 2.20 bits per heavy atom. The van der Waals surface area contributed by atoms with E-state index in [-0.39, 0.29) is 24.0 Å². The van der Waals surface area contributed by atoms with Gasteiger partial charge in [-0.25, -0.2) is 4.59 Å². The summed E-state index contributed by atoms with van der Waals surface area (Å²) in [6.45, 7) is 0. The number of allylic oxidation sites excluding steroid dienone is 1. The molecule has 0 aliphatic carbocycles. The predicted molar refractivity (Wildman–Crippen MR) is 62.0 cm³/mol. The Morgan fingerprint density at radius 2 is 1.67 bits per heavy atom. The second-order valence-corrected chi connectivity index (χ2v) is 3.98. The van der Waals surface area contributed by atoms with Gasteiger partial charge in [0.15, 0.2) is 0 Å². The second-order valence-electron chi connectivity index (χ2n) is 3.98. The van der Waals surface area contributed by atoms with Crippen LogP contribution < -0.4 is 24.0 Å². The number of quaternary nitrogens is 1. The van der Waals surface area contributed by atoms with Gasteiger partial charge in [-0.3, -0.25) is 0 Å². The maximum atomic E-state index is 4.30. The highest BCUT2D eigenvalue weighted by molar-refractivity contribution is 5.77. The van der Waals surface area contributed by atoms with Crippen LogP contribution in [0, 0.1) is 0 Å². The van der Waals surface area contributed by atoms with Gasteiger partial charge < -0.3 is 24.0 Å². The van der Waals surface area contributed by atoms with E-state index < -0.39 is 0 Å². The van der Waals surface area contributed by atoms with Gasteiger partial charge in [-0.05, 0) is 11.6 Å². The molecule has 3 heteroatoms. The van der Waals surface area contributed by atoms with Crippen LogP contribution in [-0.4, -0.2) is 31.9 Å². The molecule has 1 rings (SSSR count). The molecule has 0 amide bonds. The molecular weight excluding hydrogens is 299 g/mol. The van der Waals surface area contributed by atoms with Crippen molar-refractivity contribution in [3.05, 3.63) is 42.0 Å². The van der Waals surface area contributed by atoms with E-state index >= 15 is 0 Å². The third-order valence-corrected chi connectivity index (χ3v) is 1.59. The van der Waals surface area contributed by atoms with Crippen LogP contribution in [0.2, 0.25) is 0 Å². The standard InChI is InChI=1S/C12H17N2.HI/c1-14(2,3)13-11-7-10-12-8-5-4-6-9-12;/h4-11H,1-3H3;1H/q+1;/p-1/b10-7+,13-11+;. The van der Waals surface area contributed by atoms with Crippen molar-refractivity contribution in [3.63, 3.8) is 0 Å². The van der Waals surface area contributed by atoms with Crippen molar-refractivity contribution in [2.45, 2.75) is 0 Å². The molecule has 0 unspecified atom stereocenters. The molecule has 0 spiro atoms. The average molecular weight is 316 g/mol. The molecular formula is C12H17IN2. The van der Waals surface area contributed by atoms with Crippen molar-refractivity contribution >= 4 is 12.3 Å². The van der Waals surface area contributed by atoms with Crippen molar-refractivity contribution in [1.29, 1.82) is 0 Å². The van der Waals surface area contributed by atoms with Gasteiger partial charge in [0.2, 0.25) is 0 Å². The monoisotopic (exact) mass is 316 g/mol. The molecule has 0 aromatic heterocycles. The lowest BCUT2D eigenvalue weighted by Gasteiger charge is -2.13. The van der Waals surface area contributed by atoms with E-state index in [1.165, 1.54) is 5.56 Å². The molecule has 15 heavy (non-hydrogen) atoms. The SMILES string of the molecule is C[N+](C)(C)/N=C/C=C/c1ccccc1.[I-]. The minimum absolute atomic E-state index is 0. The van der Waals surface area contributed by atoms with Gasteiger partial charge in [-0.2, -0.15) is 0 Å². The number of rotatable bonds is 3. The molecule has 0 saturated heterocycles. The summed E-state index contributed by atoms with van der Waals surface area (Å²) in [5.41, 5.74) is 1.19. The number of benzene rings is 1. The Bertz CT molecular complexity index is 323. The predicted octanol–water partition coefficient (Wildman–Crippen LogP) is -0.604. The fourth-order valence-electron chi connectivity index (χ4n) is 0.957. The van der Waals surface area contributed by atoms with Crippen LogP contribution in [0.15, 0.2) is 41.5 Å². The van der Waals surface area contributed by atoms with E-state index in [1.54, 1.807) is 0 Å². The summed E-state index contributed by atoms with van der Waals surface area (Å²) in [5.74, 6) is 0. The largest absolute Gasteiger partial charge is 1.00 e. The molecule has 0 aliphatic rings. The summed E-state index contributed by atoms with van der Waals surface area (Å²) in [6.07, 6.45) is 5.82. The first-order valence-electron chi connectivity index (χ1n) is 4.67. The molecule has 0 radical (unpaired) electrons. The molecule has 2 nitrogen and oxygen atoms in total. The highest BCUT2D eigenvalue weighted by atomic mass is 127. The van der Waals surface area contributed by atoms with Gasteiger partial charge in [0.05, 0.1) is 27.4 Å². The smallest absolute Gasteiger partial charge is 0.0923 e. The van der Waals surface area contributed by atoms with Gasteiger partial charge in [0.1, 0.15) is 0 Å². The third-order valence-electron chi connectivity index (χ3n) is 1.59. The van der Waals surface area contributed by atoms with Crippen LogP contribution in [0.1, 0.15) is 5.56 Å². The van der Waals surface area contributed by atoms with Crippen molar-refractivity contribution < 1.29 is 28.6 Å². The van der Waals surface area contributed by atoms with Crippen LogP contribution >= 0.6 is 0 Å². The topological polar surface area (TPSA) is 12.4 Å². The number of hydrogen-bond donors (Lipinski definition) is 0. The fraction of sp³-hybridized carbons (Fsp3) is 0.250. The van der Waals surface area contributed by atoms with E-state index in [2.05, 4.69) is 17.2 Å². The highest BCUT2D eigenvalue weighted by Crippen LogP contribution is 2.00. The summed E-state index contributed by atoms with van der Waals surface area (Å²) >= 11 is 0. The first-order chi connectivity index (χ1) is 6.58. The second kappa shape index (κ2) is 6.74. The van der Waals surface area contributed by atoms with Crippen molar-refractivity contribution in [2.24, 2.45) is 5.10 Å². The molecule has 0 fully saturated rings. The first-order valence-corrected chi connectivity index (χ1v) is 4.67. The Labute approximate surface area is 109 Å². The molecule has 0 aliphatic heterocycles. The van der Waals surface area contributed by atoms with E-state index in [0.717, 1.165) is 0 Å². The van der Waals surface area contributed by atoms with Gasteiger partial charge in [-0.1, -0.05) is 41.5 Å². The van der Waals surface area contributed by atoms with Gasteiger partial charge in [0.25, 0.3) is 0 Å². The number of halogens is 1. The average Bonchev–Trinajstić information content (AvgIpc) is 2.13. The molecule has 0 heterocycles. The zero-order chi connectivity index (χ0) is 10.4. The van der Waals surface area contributed by atoms with E-state index in [0.29, 0.717) is 4.59 Å². The maximum absolute atomic E-state index is 4.30. The summed E-state index contributed by atoms with van der Waals surface area (Å²) in [5, 5.41) is 4.30. The number of hydrogen-bond acceptors (Lipinski definition) is 1. The van der Waals surface area contributed by atoms with E-state index in [9.17, 15) is 0 Å². The molecule has 1 aromatic carbocycles. The lowest BCUT2D eigenvalue weighted by atomic mass is 10.2. The Morgan fingerprint density at radius 1 is 1.07 bits per heavy atom. The van der Waals surface area contributed by atoms with Crippen molar-refractivity contribution in [3.8, 4) is 0 Å². The first kappa shape index (κ1) is 14.3. The van der Waals surface area contributed by atoms with Crippen LogP contribution in [0.3, 0.4) is 0 Å². The van der Waals surface area contributed by atoms with Gasteiger partial charge in [0, 0.05) is 0 Å². The Hall–Kier alpha value is -0.680. The quantitative estimate of drug-likeness (QED) is 0.306. The van der Waals surface area contributed by atoms with Crippen molar-refractivity contribution in [1.82, 2.24) is 0 Å². The summed E-state index contributed by atoms with van der Waals surface area (Å²) in [6, 6.07) is 10.2. The highest BCUT2D eigenvalue weighted by Gasteiger charge is 1.98. The van der Waals surface area contributed by atoms with Gasteiger partial charge in [-0.15, -0.1) is 0 Å². The maximum Gasteiger partial charge on any atom is 0.0923 e. The lowest BCUT2D eigenvalue weighted by molar-refractivity contribution is -0.876. The number of nitrogens with zero attached hydrogens (tertiary/aromatic N) is 2. The third kappa shape index (κ3) is 7.27. The minimum atomic E-state index is 0. The van der Waals surface area contributed by atoms with Crippen LogP contribution in [-0.2, 0) is 0 Å². The van der Waals surface area contributed by atoms with Crippen LogP contribution in [0.25, 0.3) is 6.08 Å². The molecule has 0 N–H and O–H groups in total. The zero-order valence-corrected chi connectivity index (χ0v) is 11.5. The molecule has 82 valence electrons. The van der Waals surface area contributed by atoms with E-state index in [4.69, 9.17) is 0 Å².